The van der Waals surface area contributed by atoms with Crippen molar-refractivity contribution in [2.45, 2.75) is 56.8 Å². The maximum absolute atomic E-state index is 13.7. The predicted octanol–water partition coefficient (Wildman–Crippen LogP) is 4.34. The zero-order chi connectivity index (χ0) is 21.4. The molecule has 0 saturated carbocycles. The highest BCUT2D eigenvalue weighted by atomic mass is 19.4. The highest BCUT2D eigenvalue weighted by Gasteiger charge is 2.78. The first-order valence-corrected chi connectivity index (χ1v) is 6.30. The zero-order valence-electron chi connectivity index (χ0n) is 13.0. The molecule has 0 aromatic heterocycles. The lowest BCUT2D eigenvalue weighted by atomic mass is 10.2. The number of ether oxygens (including phenoxy) is 3. The predicted molar refractivity (Wildman–Crippen MR) is 58.7 cm³/mol. The Balaban J connectivity index is 5.63. The van der Waals surface area contributed by atoms with Crippen LogP contribution in [0.2, 0.25) is 0 Å². The summed E-state index contributed by atoms with van der Waals surface area (Å²) in [6.45, 7) is -0.340. The fourth-order valence-corrected chi connectivity index (χ4v) is 1.16. The van der Waals surface area contributed by atoms with Crippen LogP contribution in [0.5, 0.6) is 0 Å². The Morgan fingerprint density at radius 2 is 1.19 bits per heavy atom. The fraction of sp³-hybridized carbons (Fsp3) is 0.909. The van der Waals surface area contributed by atoms with Crippen LogP contribution in [0.3, 0.4) is 0 Å². The van der Waals surface area contributed by atoms with Crippen molar-refractivity contribution in [2.24, 2.45) is 0 Å². The zero-order valence-corrected chi connectivity index (χ0v) is 13.0. The summed E-state index contributed by atoms with van der Waals surface area (Å²) < 4.78 is 150. The number of rotatable bonds is 8. The molecule has 0 aliphatic carbocycles. The first-order valence-electron chi connectivity index (χ1n) is 6.30. The monoisotopic (exact) mass is 416 g/mol. The second-order valence-electron chi connectivity index (χ2n) is 4.86. The maximum Gasteiger partial charge on any atom is 0.462 e. The van der Waals surface area contributed by atoms with Crippen LogP contribution >= 0.6 is 0 Å². The van der Waals surface area contributed by atoms with Gasteiger partial charge in [0.1, 0.15) is 0 Å². The van der Waals surface area contributed by atoms with E-state index in [1.807, 2.05) is 0 Å². The van der Waals surface area contributed by atoms with Crippen molar-refractivity contribution >= 4 is 5.97 Å². The molecular formula is C11H11F11O4. The molecule has 0 spiro atoms. The Hall–Kier alpha value is -1.38. The topological polar surface area (TPSA) is 44.8 Å². The fourth-order valence-electron chi connectivity index (χ4n) is 1.16. The number of halogens is 11. The van der Waals surface area contributed by atoms with Crippen LogP contribution in [0.15, 0.2) is 0 Å². The maximum atomic E-state index is 13.7. The van der Waals surface area contributed by atoms with Gasteiger partial charge < -0.3 is 4.74 Å². The van der Waals surface area contributed by atoms with E-state index >= 15 is 0 Å². The Kier molecular flexibility index (Phi) is 6.61. The summed E-state index contributed by atoms with van der Waals surface area (Å²) in [4.78, 5) is 11.0. The van der Waals surface area contributed by atoms with Crippen LogP contribution in [0.1, 0.15) is 20.8 Å². The third-order valence-corrected chi connectivity index (χ3v) is 2.52. The molecule has 0 rings (SSSR count). The second kappa shape index (κ2) is 6.98. The number of carbonyl (C=O) groups excluding carboxylic acids is 1. The molecule has 0 aliphatic rings. The van der Waals surface area contributed by atoms with Crippen molar-refractivity contribution in [1.82, 2.24) is 0 Å². The Labute approximate surface area is 138 Å². The minimum atomic E-state index is -7.09. The third-order valence-electron chi connectivity index (χ3n) is 2.52. The summed E-state index contributed by atoms with van der Waals surface area (Å²) in [7, 11) is 0. The van der Waals surface area contributed by atoms with E-state index in [2.05, 4.69) is 14.2 Å². The molecule has 0 amide bonds. The van der Waals surface area contributed by atoms with Gasteiger partial charge in [-0.05, 0) is 6.92 Å². The molecule has 0 aromatic rings. The van der Waals surface area contributed by atoms with Crippen LogP contribution < -0.4 is 0 Å². The number of carbonyl (C=O) groups is 1. The second-order valence-corrected chi connectivity index (χ2v) is 4.86. The summed E-state index contributed by atoms with van der Waals surface area (Å²) in [5.74, 6) is -18.9. The molecule has 0 N–H and O–H groups in total. The highest BCUT2D eigenvalue weighted by Crippen LogP contribution is 2.51. The largest absolute Gasteiger partial charge is 0.462 e. The smallest absolute Gasteiger partial charge is 0.462 e. The summed E-state index contributed by atoms with van der Waals surface area (Å²) >= 11 is 0. The molecule has 0 fully saturated rings. The summed E-state index contributed by atoms with van der Waals surface area (Å²) in [5.41, 5.74) is 0. The van der Waals surface area contributed by atoms with E-state index in [1.54, 1.807) is 0 Å². The Bertz CT molecular complexity index is 513. The van der Waals surface area contributed by atoms with Crippen molar-refractivity contribution in [2.75, 3.05) is 6.61 Å². The van der Waals surface area contributed by atoms with Gasteiger partial charge in [0, 0.05) is 13.8 Å². The summed E-state index contributed by atoms with van der Waals surface area (Å²) in [6, 6.07) is 0. The van der Waals surface area contributed by atoms with Crippen LogP contribution in [0, 0.1) is 0 Å². The number of hydrogen-bond donors (Lipinski definition) is 0. The molecular weight excluding hydrogens is 405 g/mol. The average Bonchev–Trinajstić information content (AvgIpc) is 2.34. The van der Waals surface area contributed by atoms with Gasteiger partial charge in [-0.3, -0.25) is 9.47 Å². The lowest BCUT2D eigenvalue weighted by Crippen LogP contribution is -2.60. The van der Waals surface area contributed by atoms with Crippen molar-refractivity contribution in [3.05, 3.63) is 0 Å². The highest BCUT2D eigenvalue weighted by molar-refractivity contribution is 5.77. The number of hydrogen-bond acceptors (Lipinski definition) is 4. The van der Waals surface area contributed by atoms with Crippen LogP contribution in [-0.4, -0.2) is 48.6 Å². The Morgan fingerprint density at radius 3 is 1.54 bits per heavy atom. The van der Waals surface area contributed by atoms with Gasteiger partial charge in [0.2, 0.25) is 0 Å². The van der Waals surface area contributed by atoms with Gasteiger partial charge in [-0.15, -0.1) is 0 Å². The normalized spacial score (nSPS) is 18.8. The van der Waals surface area contributed by atoms with Crippen molar-refractivity contribution in [1.29, 1.82) is 0 Å². The summed E-state index contributed by atoms with van der Waals surface area (Å²) in [5, 5.41) is 0. The average molecular weight is 416 g/mol. The summed E-state index contributed by atoms with van der Waals surface area (Å²) in [6.07, 6.45) is -19.8. The molecule has 2 atom stereocenters. The van der Waals surface area contributed by atoms with E-state index < -0.39 is 55.5 Å². The van der Waals surface area contributed by atoms with E-state index in [0.29, 0.717) is 0 Å². The van der Waals surface area contributed by atoms with E-state index in [4.69, 9.17) is 0 Å². The number of esters is 1. The third kappa shape index (κ3) is 4.86. The van der Waals surface area contributed by atoms with Crippen LogP contribution in [-0.2, 0) is 19.0 Å². The van der Waals surface area contributed by atoms with Gasteiger partial charge in [0.05, 0.1) is 6.61 Å². The molecule has 0 radical (unpaired) electrons. The van der Waals surface area contributed by atoms with Crippen molar-refractivity contribution < 1.29 is 67.3 Å². The van der Waals surface area contributed by atoms with Gasteiger partial charge in [-0.2, -0.15) is 43.9 Å². The molecule has 4 nitrogen and oxygen atoms in total. The minimum absolute atomic E-state index is 0.0859. The molecule has 0 unspecified atom stereocenters. The minimum Gasteiger partial charge on any atom is -0.462 e. The molecule has 0 aliphatic heterocycles. The molecule has 0 heterocycles. The van der Waals surface area contributed by atoms with Gasteiger partial charge in [0.15, 0.2) is 0 Å². The molecule has 26 heavy (non-hydrogen) atoms. The van der Waals surface area contributed by atoms with E-state index in [0.717, 1.165) is 6.92 Å². The van der Waals surface area contributed by atoms with Crippen molar-refractivity contribution in [3.63, 3.8) is 0 Å². The van der Waals surface area contributed by atoms with E-state index in [1.165, 1.54) is 0 Å². The lowest BCUT2D eigenvalue weighted by Gasteiger charge is -2.36. The van der Waals surface area contributed by atoms with E-state index in [9.17, 15) is 53.1 Å². The van der Waals surface area contributed by atoms with Crippen LogP contribution in [0.25, 0.3) is 0 Å². The first kappa shape index (κ1) is 24.6. The van der Waals surface area contributed by atoms with Crippen molar-refractivity contribution in [3.8, 4) is 0 Å². The standard InChI is InChI=1S/C11H11F11O4/c1-4-24-5(23)6(2,12)25-10(19,20)7(3,13)26-11(21,22)8(14,15)9(16,17)18/h4H2,1-3H3/t6-,7-/m0/s1. The van der Waals surface area contributed by atoms with Gasteiger partial charge in [-0.25, -0.2) is 9.18 Å². The molecule has 15 heteroatoms. The SMILES string of the molecule is CCOC(=O)[C@@](C)(F)OC(F)(F)[C@@](C)(F)OC(F)(F)C(F)(F)C(F)(F)F. The molecule has 0 bridgehead atoms. The van der Waals surface area contributed by atoms with Gasteiger partial charge in [-0.1, -0.05) is 0 Å². The molecule has 0 aromatic carbocycles. The van der Waals surface area contributed by atoms with Gasteiger partial charge in [0.25, 0.3) is 0 Å². The Morgan fingerprint density at radius 1 is 0.769 bits per heavy atom. The van der Waals surface area contributed by atoms with E-state index in [-0.39, 0.29) is 6.92 Å². The number of alkyl halides is 11. The molecule has 156 valence electrons. The van der Waals surface area contributed by atoms with Gasteiger partial charge >= 0.3 is 42.0 Å². The quantitative estimate of drug-likeness (QED) is 0.437. The lowest BCUT2D eigenvalue weighted by molar-refractivity contribution is -0.499. The molecule has 0 saturated heterocycles. The van der Waals surface area contributed by atoms with Crippen LogP contribution in [0.4, 0.5) is 48.3 Å². The first-order chi connectivity index (χ1) is 11.1.